The molecule has 6 heteroatoms. The summed E-state index contributed by atoms with van der Waals surface area (Å²) in [6, 6.07) is 18.1. The Morgan fingerprint density at radius 1 is 1.04 bits per heavy atom. The average molecular weight is 375 g/mol. The van der Waals surface area contributed by atoms with Crippen LogP contribution in [0.25, 0.3) is 21.9 Å². The van der Waals surface area contributed by atoms with Gasteiger partial charge < -0.3 is 9.15 Å². The Morgan fingerprint density at radius 2 is 1.82 bits per heavy atom. The van der Waals surface area contributed by atoms with Gasteiger partial charge in [0.15, 0.2) is 5.78 Å². The number of benzene rings is 3. The maximum absolute atomic E-state index is 12.3. The molecule has 0 saturated heterocycles. The van der Waals surface area contributed by atoms with Crippen molar-refractivity contribution in [3.63, 3.8) is 0 Å². The van der Waals surface area contributed by atoms with Gasteiger partial charge in [-0.2, -0.15) is 0 Å². The third kappa shape index (κ3) is 3.44. The highest BCUT2D eigenvalue weighted by Crippen LogP contribution is 2.29. The zero-order chi connectivity index (χ0) is 19.7. The maximum atomic E-state index is 12.3. The third-order valence-corrected chi connectivity index (χ3v) is 4.62. The van der Waals surface area contributed by atoms with Crippen molar-refractivity contribution >= 4 is 33.4 Å². The summed E-state index contributed by atoms with van der Waals surface area (Å²) in [5.74, 6) is 0.178. The second-order valence-electron chi connectivity index (χ2n) is 6.64. The van der Waals surface area contributed by atoms with Crippen molar-refractivity contribution in [3.05, 3.63) is 81.9 Å². The number of carbonyl (C=O) groups is 1. The molecule has 0 unspecified atom stereocenters. The highest BCUT2D eigenvalue weighted by atomic mass is 16.6. The van der Waals surface area contributed by atoms with E-state index in [0.717, 1.165) is 27.5 Å². The Labute approximate surface area is 160 Å². The number of hydrogen-bond acceptors (Lipinski definition) is 5. The molecule has 6 nitrogen and oxygen atoms in total. The fourth-order valence-corrected chi connectivity index (χ4v) is 3.20. The highest BCUT2D eigenvalue weighted by molar-refractivity contribution is 6.05. The number of nitro groups is 1. The smallest absolute Gasteiger partial charge is 0.276 e. The summed E-state index contributed by atoms with van der Waals surface area (Å²) in [4.78, 5) is 22.8. The molecule has 0 aliphatic heterocycles. The molecule has 1 aromatic heterocycles. The number of furan rings is 1. The summed E-state index contributed by atoms with van der Waals surface area (Å²) in [5.41, 5.74) is 2.89. The highest BCUT2D eigenvalue weighted by Gasteiger charge is 2.13. The fraction of sp³-hybridized carbons (Fsp3) is 0.136. The van der Waals surface area contributed by atoms with E-state index in [1.165, 1.54) is 6.07 Å². The molecule has 0 aliphatic rings. The number of nitro benzene ring substituents is 1. The Kier molecular flexibility index (Phi) is 4.53. The van der Waals surface area contributed by atoms with Gasteiger partial charge in [0.2, 0.25) is 0 Å². The van der Waals surface area contributed by atoms with Crippen molar-refractivity contribution in [2.24, 2.45) is 0 Å². The minimum Gasteiger partial charge on any atom is -0.486 e. The zero-order valence-corrected chi connectivity index (χ0v) is 15.2. The van der Waals surface area contributed by atoms with Crippen LogP contribution in [0.1, 0.15) is 11.1 Å². The number of Topliss-reactive ketones (excluding diaryl/α,β-unsaturated/α-hetero) is 1. The van der Waals surface area contributed by atoms with Gasteiger partial charge in [0.25, 0.3) is 5.69 Å². The predicted octanol–water partition coefficient (Wildman–Crippen LogP) is 4.99. The number of rotatable bonds is 6. The van der Waals surface area contributed by atoms with Gasteiger partial charge in [-0.3, -0.25) is 14.9 Å². The van der Waals surface area contributed by atoms with Crippen molar-refractivity contribution in [3.8, 4) is 5.75 Å². The number of aryl methyl sites for hydroxylation is 1. The van der Waals surface area contributed by atoms with E-state index in [2.05, 4.69) is 0 Å². The predicted molar refractivity (Wildman–Crippen MR) is 106 cm³/mol. The zero-order valence-electron chi connectivity index (χ0n) is 15.2. The molecule has 0 aliphatic carbocycles. The Hall–Kier alpha value is -3.67. The Bertz CT molecular complexity index is 1210. The van der Waals surface area contributed by atoms with Crippen LogP contribution in [0, 0.1) is 17.0 Å². The molecular formula is C22H17NO5. The lowest BCUT2D eigenvalue weighted by molar-refractivity contribution is -0.385. The van der Waals surface area contributed by atoms with E-state index < -0.39 is 4.92 Å². The summed E-state index contributed by atoms with van der Waals surface area (Å²) >= 11 is 0. The van der Waals surface area contributed by atoms with Crippen molar-refractivity contribution in [2.45, 2.75) is 13.3 Å². The Morgan fingerprint density at radius 3 is 2.64 bits per heavy atom. The van der Waals surface area contributed by atoms with Crippen LogP contribution < -0.4 is 4.74 Å². The van der Waals surface area contributed by atoms with Crippen LogP contribution in [0.3, 0.4) is 0 Å². The summed E-state index contributed by atoms with van der Waals surface area (Å²) in [6.07, 6.45) is 0.195. The van der Waals surface area contributed by atoms with Gasteiger partial charge in [-0.15, -0.1) is 0 Å². The molecule has 0 fully saturated rings. The summed E-state index contributed by atoms with van der Waals surface area (Å²) in [6.45, 7) is 1.50. The van der Waals surface area contributed by atoms with E-state index >= 15 is 0 Å². The number of para-hydroxylation sites is 1. The summed E-state index contributed by atoms with van der Waals surface area (Å²) < 4.78 is 11.3. The molecule has 0 N–H and O–H groups in total. The van der Waals surface area contributed by atoms with Gasteiger partial charge in [-0.25, -0.2) is 0 Å². The first kappa shape index (κ1) is 17.7. The molecule has 3 aromatic carbocycles. The fourth-order valence-electron chi connectivity index (χ4n) is 3.20. The topological polar surface area (TPSA) is 82.6 Å². The number of ketones is 1. The SMILES string of the molecule is Cc1ccc(OCC(=O)Cc2ccc3c(c2)oc2ccccc23)cc1[N+](=O)[O-]. The first-order valence-electron chi connectivity index (χ1n) is 8.81. The van der Waals surface area contributed by atoms with Crippen LogP contribution in [-0.4, -0.2) is 17.3 Å². The summed E-state index contributed by atoms with van der Waals surface area (Å²) in [5, 5.41) is 13.0. The maximum Gasteiger partial charge on any atom is 0.276 e. The standard InChI is InChI=1S/C22H17NO5/c1-14-6-8-17(12-20(14)23(25)26)27-13-16(24)10-15-7-9-19-18-4-2-3-5-21(18)28-22(19)11-15/h2-9,11-12H,10,13H2,1H3. The lowest BCUT2D eigenvalue weighted by Crippen LogP contribution is -2.14. The van der Waals surface area contributed by atoms with Crippen LogP contribution in [-0.2, 0) is 11.2 Å². The molecule has 0 radical (unpaired) electrons. The molecule has 1 heterocycles. The van der Waals surface area contributed by atoms with Gasteiger partial charge in [-0.05, 0) is 36.8 Å². The van der Waals surface area contributed by atoms with E-state index in [0.29, 0.717) is 11.3 Å². The van der Waals surface area contributed by atoms with Crippen LogP contribution >= 0.6 is 0 Å². The summed E-state index contributed by atoms with van der Waals surface area (Å²) in [7, 11) is 0. The van der Waals surface area contributed by atoms with Crippen LogP contribution in [0.4, 0.5) is 5.69 Å². The van der Waals surface area contributed by atoms with Crippen LogP contribution in [0.15, 0.2) is 65.1 Å². The molecule has 28 heavy (non-hydrogen) atoms. The van der Waals surface area contributed by atoms with Crippen LogP contribution in [0.2, 0.25) is 0 Å². The van der Waals surface area contributed by atoms with Gasteiger partial charge in [0.1, 0.15) is 23.5 Å². The van der Waals surface area contributed by atoms with E-state index in [4.69, 9.17) is 9.15 Å². The van der Waals surface area contributed by atoms with Crippen molar-refractivity contribution in [2.75, 3.05) is 6.61 Å². The van der Waals surface area contributed by atoms with Gasteiger partial charge in [0.05, 0.1) is 11.0 Å². The van der Waals surface area contributed by atoms with Crippen molar-refractivity contribution in [1.82, 2.24) is 0 Å². The molecule has 0 atom stereocenters. The van der Waals surface area contributed by atoms with Crippen LogP contribution in [0.5, 0.6) is 5.75 Å². The molecule has 140 valence electrons. The lowest BCUT2D eigenvalue weighted by Gasteiger charge is -2.06. The number of hydrogen-bond donors (Lipinski definition) is 0. The van der Waals surface area contributed by atoms with Gasteiger partial charge >= 0.3 is 0 Å². The Balaban J connectivity index is 1.46. The molecule has 0 spiro atoms. The minimum atomic E-state index is -0.466. The quantitative estimate of drug-likeness (QED) is 0.350. The third-order valence-electron chi connectivity index (χ3n) is 4.62. The van der Waals surface area contributed by atoms with E-state index in [1.807, 2.05) is 42.5 Å². The normalized spacial score (nSPS) is 11.0. The minimum absolute atomic E-state index is 0.0275. The lowest BCUT2D eigenvalue weighted by atomic mass is 10.1. The van der Waals surface area contributed by atoms with E-state index in [-0.39, 0.29) is 24.5 Å². The molecular weight excluding hydrogens is 358 g/mol. The van der Waals surface area contributed by atoms with Crippen molar-refractivity contribution in [1.29, 1.82) is 0 Å². The number of fused-ring (bicyclic) bond motifs is 3. The first-order chi connectivity index (χ1) is 13.5. The second kappa shape index (κ2) is 7.15. The van der Waals surface area contributed by atoms with Crippen molar-refractivity contribution < 1.29 is 18.9 Å². The molecule has 4 aromatic rings. The first-order valence-corrected chi connectivity index (χ1v) is 8.81. The molecule has 0 saturated carbocycles. The second-order valence-corrected chi connectivity index (χ2v) is 6.64. The number of carbonyl (C=O) groups excluding carboxylic acids is 1. The van der Waals surface area contributed by atoms with E-state index in [1.54, 1.807) is 19.1 Å². The molecule has 4 rings (SSSR count). The monoisotopic (exact) mass is 375 g/mol. The van der Waals surface area contributed by atoms with Gasteiger partial charge in [0, 0.05) is 22.8 Å². The van der Waals surface area contributed by atoms with Gasteiger partial charge in [-0.1, -0.05) is 30.3 Å². The largest absolute Gasteiger partial charge is 0.486 e. The number of ether oxygens (including phenoxy) is 1. The number of nitrogens with zero attached hydrogens (tertiary/aromatic N) is 1. The average Bonchev–Trinajstić information content (AvgIpc) is 3.05. The molecule has 0 bridgehead atoms. The van der Waals surface area contributed by atoms with E-state index in [9.17, 15) is 14.9 Å². The molecule has 0 amide bonds.